The van der Waals surface area contributed by atoms with Crippen molar-refractivity contribution in [2.24, 2.45) is 0 Å². The first-order chi connectivity index (χ1) is 17.6. The highest BCUT2D eigenvalue weighted by atomic mass is 32.2. The number of amides is 2. The van der Waals surface area contributed by atoms with Gasteiger partial charge in [0.15, 0.2) is 5.16 Å². The molecule has 2 N–H and O–H groups in total. The summed E-state index contributed by atoms with van der Waals surface area (Å²) in [6.45, 7) is 1.95. The van der Waals surface area contributed by atoms with Gasteiger partial charge in [0.05, 0.1) is 18.8 Å². The number of hydrogen-bond acceptors (Lipinski definition) is 6. The highest BCUT2D eigenvalue weighted by molar-refractivity contribution is 8.00. The number of hydrogen-bond donors (Lipinski definition) is 2. The van der Waals surface area contributed by atoms with Crippen LogP contribution in [0.15, 0.2) is 90.1 Å². The van der Waals surface area contributed by atoms with Crippen LogP contribution < -0.4 is 15.4 Å². The zero-order valence-electron chi connectivity index (χ0n) is 20.0. The lowest BCUT2D eigenvalue weighted by atomic mass is 10.2. The Morgan fingerprint density at radius 1 is 0.889 bits per heavy atom. The van der Waals surface area contributed by atoms with E-state index in [0.29, 0.717) is 28.8 Å². The summed E-state index contributed by atoms with van der Waals surface area (Å²) < 4.78 is 6.99. The first kappa shape index (κ1) is 25.0. The van der Waals surface area contributed by atoms with Gasteiger partial charge in [-0.1, -0.05) is 55.1 Å². The quantitative estimate of drug-likeness (QED) is 0.298. The molecule has 0 bridgehead atoms. The number of aromatic nitrogens is 3. The van der Waals surface area contributed by atoms with Crippen molar-refractivity contribution in [1.82, 2.24) is 14.8 Å². The van der Waals surface area contributed by atoms with Gasteiger partial charge in [-0.25, -0.2) is 0 Å². The fourth-order valence-corrected chi connectivity index (χ4v) is 4.54. The number of thioether (sulfide) groups is 1. The standard InChI is InChI=1S/C27H27N5O3S/c1-3-23(26(34)29-19-10-6-4-7-11-19)36-27-31-30-24(32(27)21-12-8-5-9-13-21)18-25(33)28-20-14-16-22(35-2)17-15-20/h4-17,23H,3,18H2,1-2H3,(H,28,33)(H,29,34)/t23-/m1/s1. The summed E-state index contributed by atoms with van der Waals surface area (Å²) in [7, 11) is 1.59. The molecule has 4 aromatic rings. The van der Waals surface area contributed by atoms with Gasteiger partial charge in [0.1, 0.15) is 11.6 Å². The SMILES string of the molecule is CC[C@@H](Sc1nnc(CC(=O)Nc2ccc(OC)cc2)n1-c1ccccc1)C(=O)Nc1ccccc1. The number of methoxy groups -OCH3 is 1. The number of carbonyl (C=O) groups is 2. The monoisotopic (exact) mass is 501 g/mol. The maximum Gasteiger partial charge on any atom is 0.237 e. The lowest BCUT2D eigenvalue weighted by Gasteiger charge is -2.16. The Morgan fingerprint density at radius 3 is 2.17 bits per heavy atom. The number of carbonyl (C=O) groups excluding carboxylic acids is 2. The minimum absolute atomic E-state index is 0.0154. The summed E-state index contributed by atoms with van der Waals surface area (Å²) in [5.41, 5.74) is 2.21. The van der Waals surface area contributed by atoms with Crippen molar-refractivity contribution in [2.45, 2.75) is 30.2 Å². The predicted molar refractivity (Wildman–Crippen MR) is 142 cm³/mol. The summed E-state index contributed by atoms with van der Waals surface area (Å²) in [5.74, 6) is 0.846. The zero-order valence-corrected chi connectivity index (χ0v) is 20.9. The number of para-hydroxylation sites is 2. The van der Waals surface area contributed by atoms with E-state index >= 15 is 0 Å². The molecule has 0 unspecified atom stereocenters. The summed E-state index contributed by atoms with van der Waals surface area (Å²) >= 11 is 1.33. The van der Waals surface area contributed by atoms with Gasteiger partial charge < -0.3 is 15.4 Å². The molecule has 184 valence electrons. The second kappa shape index (κ2) is 12.0. The van der Waals surface area contributed by atoms with Crippen molar-refractivity contribution in [2.75, 3.05) is 17.7 Å². The molecule has 0 fully saturated rings. The molecule has 8 nitrogen and oxygen atoms in total. The number of nitrogens with zero attached hydrogens (tertiary/aromatic N) is 3. The third-order valence-corrected chi connectivity index (χ3v) is 6.67. The molecule has 0 saturated carbocycles. The third kappa shape index (κ3) is 6.31. The number of ether oxygens (including phenoxy) is 1. The van der Waals surface area contributed by atoms with E-state index in [1.165, 1.54) is 11.8 Å². The van der Waals surface area contributed by atoms with Crippen molar-refractivity contribution < 1.29 is 14.3 Å². The van der Waals surface area contributed by atoms with Crippen LogP contribution in [0.2, 0.25) is 0 Å². The van der Waals surface area contributed by atoms with Gasteiger partial charge >= 0.3 is 0 Å². The van der Waals surface area contributed by atoms with Gasteiger partial charge in [-0.05, 0) is 55.0 Å². The van der Waals surface area contributed by atoms with Crippen LogP contribution in [-0.4, -0.2) is 38.9 Å². The van der Waals surface area contributed by atoms with E-state index in [4.69, 9.17) is 4.74 Å². The van der Waals surface area contributed by atoms with Crippen molar-refractivity contribution in [3.8, 4) is 11.4 Å². The van der Waals surface area contributed by atoms with Gasteiger partial charge in [0.2, 0.25) is 11.8 Å². The summed E-state index contributed by atoms with van der Waals surface area (Å²) in [6, 6.07) is 26.0. The molecule has 0 aliphatic heterocycles. The highest BCUT2D eigenvalue weighted by Gasteiger charge is 2.24. The molecule has 0 radical (unpaired) electrons. The van der Waals surface area contributed by atoms with Crippen LogP contribution in [0.5, 0.6) is 5.75 Å². The van der Waals surface area contributed by atoms with Crippen LogP contribution in [0.25, 0.3) is 5.69 Å². The average Bonchev–Trinajstić information content (AvgIpc) is 3.30. The fourth-order valence-electron chi connectivity index (χ4n) is 3.54. The molecule has 3 aromatic carbocycles. The minimum atomic E-state index is -0.391. The van der Waals surface area contributed by atoms with E-state index in [9.17, 15) is 9.59 Å². The molecule has 36 heavy (non-hydrogen) atoms. The molecule has 4 rings (SSSR count). The molecule has 1 aromatic heterocycles. The average molecular weight is 502 g/mol. The van der Waals surface area contributed by atoms with Gasteiger partial charge in [0.25, 0.3) is 0 Å². The Morgan fingerprint density at radius 2 is 1.53 bits per heavy atom. The van der Waals surface area contributed by atoms with Crippen LogP contribution in [0, 0.1) is 0 Å². The van der Waals surface area contributed by atoms with E-state index < -0.39 is 5.25 Å². The lowest BCUT2D eigenvalue weighted by molar-refractivity contribution is -0.116. The van der Waals surface area contributed by atoms with Gasteiger partial charge in [-0.2, -0.15) is 0 Å². The van der Waals surface area contributed by atoms with Crippen LogP contribution in [0.4, 0.5) is 11.4 Å². The fraction of sp³-hybridized carbons (Fsp3) is 0.185. The second-order valence-electron chi connectivity index (χ2n) is 7.89. The molecule has 9 heteroatoms. The van der Waals surface area contributed by atoms with E-state index in [2.05, 4.69) is 20.8 Å². The molecule has 0 aliphatic carbocycles. The van der Waals surface area contributed by atoms with Crippen molar-refractivity contribution in [1.29, 1.82) is 0 Å². The minimum Gasteiger partial charge on any atom is -0.497 e. The number of benzene rings is 3. The van der Waals surface area contributed by atoms with Gasteiger partial charge in [-0.15, -0.1) is 10.2 Å². The van der Waals surface area contributed by atoms with Gasteiger partial charge in [-0.3, -0.25) is 14.2 Å². The Bertz CT molecular complexity index is 1290. The third-order valence-electron chi connectivity index (χ3n) is 5.36. The molecule has 0 aliphatic rings. The Labute approximate surface area is 214 Å². The van der Waals surface area contributed by atoms with Crippen molar-refractivity contribution in [3.63, 3.8) is 0 Å². The maximum absolute atomic E-state index is 13.0. The Kier molecular flexibility index (Phi) is 8.36. The first-order valence-electron chi connectivity index (χ1n) is 11.5. The van der Waals surface area contributed by atoms with E-state index in [0.717, 1.165) is 11.4 Å². The number of nitrogens with one attached hydrogen (secondary N) is 2. The number of anilines is 2. The van der Waals surface area contributed by atoms with E-state index in [1.807, 2.05) is 72.2 Å². The molecule has 0 saturated heterocycles. The molecule has 1 heterocycles. The second-order valence-corrected chi connectivity index (χ2v) is 9.06. The Hall–Kier alpha value is -4.11. The summed E-state index contributed by atoms with van der Waals surface area (Å²) in [6.07, 6.45) is 0.611. The highest BCUT2D eigenvalue weighted by Crippen LogP contribution is 2.28. The van der Waals surface area contributed by atoms with Crippen molar-refractivity contribution in [3.05, 3.63) is 90.8 Å². The van der Waals surface area contributed by atoms with Crippen LogP contribution >= 0.6 is 11.8 Å². The molecule has 2 amide bonds. The Balaban J connectivity index is 1.54. The molecular formula is C27H27N5O3S. The summed E-state index contributed by atoms with van der Waals surface area (Å²) in [5, 5.41) is 14.7. The topological polar surface area (TPSA) is 98.1 Å². The van der Waals surface area contributed by atoms with Crippen molar-refractivity contribution >= 4 is 35.0 Å². The van der Waals surface area contributed by atoms with Crippen LogP contribution in [0.3, 0.4) is 0 Å². The van der Waals surface area contributed by atoms with E-state index in [1.54, 1.807) is 31.4 Å². The zero-order chi connectivity index (χ0) is 25.3. The lowest BCUT2D eigenvalue weighted by Crippen LogP contribution is -2.25. The van der Waals surface area contributed by atoms with Gasteiger partial charge in [0, 0.05) is 17.1 Å². The molecular weight excluding hydrogens is 474 g/mol. The predicted octanol–water partition coefficient (Wildman–Crippen LogP) is 4.97. The normalized spacial score (nSPS) is 11.5. The first-order valence-corrected chi connectivity index (χ1v) is 12.4. The van der Waals surface area contributed by atoms with Crippen LogP contribution in [0.1, 0.15) is 19.2 Å². The number of rotatable bonds is 10. The molecule has 0 spiro atoms. The maximum atomic E-state index is 13.0. The molecule has 1 atom stereocenters. The summed E-state index contributed by atoms with van der Waals surface area (Å²) in [4.78, 5) is 25.8. The largest absolute Gasteiger partial charge is 0.497 e. The smallest absolute Gasteiger partial charge is 0.237 e. The van der Waals surface area contributed by atoms with E-state index in [-0.39, 0.29) is 18.2 Å². The van der Waals surface area contributed by atoms with Crippen LogP contribution in [-0.2, 0) is 16.0 Å².